The van der Waals surface area contributed by atoms with Crippen molar-refractivity contribution in [3.05, 3.63) is 34.9 Å². The fourth-order valence-electron chi connectivity index (χ4n) is 2.71. The number of carbonyl (C=O) groups is 1. The van der Waals surface area contributed by atoms with E-state index in [1.807, 2.05) is 24.3 Å². The number of nitrogens with one attached hydrogen (secondary N) is 1. The molecule has 1 aromatic rings. The van der Waals surface area contributed by atoms with Crippen LogP contribution in [0, 0.1) is 0 Å². The van der Waals surface area contributed by atoms with Gasteiger partial charge >= 0.3 is 0 Å². The second-order valence-electron chi connectivity index (χ2n) is 5.94. The molecule has 1 unspecified atom stereocenters. The van der Waals surface area contributed by atoms with E-state index in [0.717, 1.165) is 23.6 Å². The van der Waals surface area contributed by atoms with Crippen molar-refractivity contribution in [3.8, 4) is 0 Å². The number of hydrogen-bond acceptors (Lipinski definition) is 4. The van der Waals surface area contributed by atoms with Crippen LogP contribution in [0.5, 0.6) is 0 Å². The van der Waals surface area contributed by atoms with Crippen LogP contribution < -0.4 is 5.32 Å². The Morgan fingerprint density at radius 3 is 2.83 bits per heavy atom. The van der Waals surface area contributed by atoms with Gasteiger partial charge in [0.05, 0.1) is 11.5 Å². The molecule has 128 valence electrons. The van der Waals surface area contributed by atoms with E-state index in [1.165, 1.54) is 0 Å². The van der Waals surface area contributed by atoms with Gasteiger partial charge in [-0.2, -0.15) is 0 Å². The number of nitrogens with zero attached hydrogens (tertiary/aromatic N) is 1. The van der Waals surface area contributed by atoms with E-state index in [-0.39, 0.29) is 23.5 Å². The van der Waals surface area contributed by atoms with Gasteiger partial charge in [0.15, 0.2) is 9.84 Å². The van der Waals surface area contributed by atoms with Gasteiger partial charge in [-0.15, -0.1) is 0 Å². The van der Waals surface area contributed by atoms with Gasteiger partial charge in [-0.25, -0.2) is 8.42 Å². The summed E-state index contributed by atoms with van der Waals surface area (Å²) in [6.07, 6.45) is 1.78. The Morgan fingerprint density at radius 1 is 1.39 bits per heavy atom. The predicted molar refractivity (Wildman–Crippen MR) is 92.5 cm³/mol. The molecule has 1 aromatic carbocycles. The van der Waals surface area contributed by atoms with Gasteiger partial charge in [0.2, 0.25) is 5.91 Å². The first kappa shape index (κ1) is 18.2. The summed E-state index contributed by atoms with van der Waals surface area (Å²) in [5.74, 6) is 0.271. The SMILES string of the molecule is CN(C(=O)CCNCCc1cccc(Cl)c1)C1CCS(=O)(=O)C1. The number of rotatable bonds is 7. The van der Waals surface area contributed by atoms with Crippen molar-refractivity contribution >= 4 is 27.3 Å². The van der Waals surface area contributed by atoms with Crippen LogP contribution >= 0.6 is 11.6 Å². The van der Waals surface area contributed by atoms with Crippen molar-refractivity contribution < 1.29 is 13.2 Å². The first-order valence-electron chi connectivity index (χ1n) is 7.78. The Morgan fingerprint density at radius 2 is 2.17 bits per heavy atom. The van der Waals surface area contributed by atoms with Crippen LogP contribution in [0.15, 0.2) is 24.3 Å². The van der Waals surface area contributed by atoms with Gasteiger partial charge in [-0.3, -0.25) is 4.79 Å². The normalized spacial score (nSPS) is 19.7. The monoisotopic (exact) mass is 358 g/mol. The molecular formula is C16H23ClN2O3S. The first-order valence-corrected chi connectivity index (χ1v) is 9.98. The van der Waals surface area contributed by atoms with E-state index in [2.05, 4.69) is 5.32 Å². The Labute approximate surface area is 142 Å². The molecule has 0 aromatic heterocycles. The highest BCUT2D eigenvalue weighted by Crippen LogP contribution is 2.17. The summed E-state index contributed by atoms with van der Waals surface area (Å²) in [4.78, 5) is 13.7. The lowest BCUT2D eigenvalue weighted by atomic mass is 10.1. The van der Waals surface area contributed by atoms with Gasteiger partial charge in [0, 0.05) is 31.1 Å². The van der Waals surface area contributed by atoms with Crippen LogP contribution in [0.1, 0.15) is 18.4 Å². The third-order valence-corrected chi connectivity index (χ3v) is 6.13. The van der Waals surface area contributed by atoms with Crippen LogP contribution in [0.25, 0.3) is 0 Å². The van der Waals surface area contributed by atoms with Crippen LogP contribution in [0.2, 0.25) is 5.02 Å². The molecule has 1 atom stereocenters. The van der Waals surface area contributed by atoms with Crippen LogP contribution in [-0.4, -0.2) is 56.9 Å². The average molecular weight is 359 g/mol. The maximum Gasteiger partial charge on any atom is 0.223 e. The highest BCUT2D eigenvalue weighted by molar-refractivity contribution is 7.91. The first-order chi connectivity index (χ1) is 10.9. The molecule has 1 N–H and O–H groups in total. The summed E-state index contributed by atoms with van der Waals surface area (Å²) in [7, 11) is -1.26. The minimum atomic E-state index is -2.96. The number of sulfone groups is 1. The molecule has 1 amide bonds. The number of halogens is 1. The fraction of sp³-hybridized carbons (Fsp3) is 0.562. The maximum absolute atomic E-state index is 12.1. The minimum Gasteiger partial charge on any atom is -0.342 e. The van der Waals surface area contributed by atoms with E-state index >= 15 is 0 Å². The van der Waals surface area contributed by atoms with E-state index in [1.54, 1.807) is 11.9 Å². The summed E-state index contributed by atoms with van der Waals surface area (Å²) < 4.78 is 22.9. The summed E-state index contributed by atoms with van der Waals surface area (Å²) in [6, 6.07) is 7.55. The second-order valence-corrected chi connectivity index (χ2v) is 8.61. The number of hydrogen-bond donors (Lipinski definition) is 1. The van der Waals surface area contributed by atoms with Crippen molar-refractivity contribution in [3.63, 3.8) is 0 Å². The molecule has 23 heavy (non-hydrogen) atoms. The largest absolute Gasteiger partial charge is 0.342 e. The highest BCUT2D eigenvalue weighted by Gasteiger charge is 2.32. The molecule has 1 aliphatic heterocycles. The Kier molecular flexibility index (Phi) is 6.44. The Hall–Kier alpha value is -1.11. The molecule has 0 aliphatic carbocycles. The summed E-state index contributed by atoms with van der Waals surface area (Å²) in [5, 5.41) is 3.96. The summed E-state index contributed by atoms with van der Waals surface area (Å²) in [6.45, 7) is 1.36. The highest BCUT2D eigenvalue weighted by atomic mass is 35.5. The van der Waals surface area contributed by atoms with Crippen LogP contribution in [0.4, 0.5) is 0 Å². The van der Waals surface area contributed by atoms with Gasteiger partial charge < -0.3 is 10.2 Å². The van der Waals surface area contributed by atoms with Crippen molar-refractivity contribution in [1.82, 2.24) is 10.2 Å². The Bertz CT molecular complexity index is 648. The zero-order valence-corrected chi connectivity index (χ0v) is 14.9. The van der Waals surface area contributed by atoms with Crippen molar-refractivity contribution in [1.29, 1.82) is 0 Å². The average Bonchev–Trinajstić information content (AvgIpc) is 2.86. The van der Waals surface area contributed by atoms with E-state index < -0.39 is 9.84 Å². The number of carbonyl (C=O) groups excluding carboxylic acids is 1. The second kappa shape index (κ2) is 8.13. The Balaban J connectivity index is 1.65. The topological polar surface area (TPSA) is 66.5 Å². The lowest BCUT2D eigenvalue weighted by molar-refractivity contribution is -0.131. The smallest absolute Gasteiger partial charge is 0.223 e. The molecular weight excluding hydrogens is 336 g/mol. The molecule has 0 bridgehead atoms. The van der Waals surface area contributed by atoms with Gasteiger partial charge in [-0.05, 0) is 37.1 Å². The van der Waals surface area contributed by atoms with E-state index in [0.29, 0.717) is 19.4 Å². The molecule has 1 heterocycles. The quantitative estimate of drug-likeness (QED) is 0.750. The predicted octanol–water partition coefficient (Wildman–Crippen LogP) is 1.51. The van der Waals surface area contributed by atoms with Crippen molar-refractivity contribution in [2.24, 2.45) is 0 Å². The number of amides is 1. The molecule has 5 nitrogen and oxygen atoms in total. The third-order valence-electron chi connectivity index (χ3n) is 4.14. The molecule has 2 rings (SSSR count). The molecule has 1 saturated heterocycles. The van der Waals surface area contributed by atoms with Gasteiger partial charge in [0.1, 0.15) is 0 Å². The van der Waals surface area contributed by atoms with Gasteiger partial charge in [-0.1, -0.05) is 23.7 Å². The van der Waals surface area contributed by atoms with Crippen LogP contribution in [0.3, 0.4) is 0 Å². The van der Waals surface area contributed by atoms with E-state index in [4.69, 9.17) is 11.6 Å². The van der Waals surface area contributed by atoms with Gasteiger partial charge in [0.25, 0.3) is 0 Å². The summed E-state index contributed by atoms with van der Waals surface area (Å²) >= 11 is 5.93. The lowest BCUT2D eigenvalue weighted by Gasteiger charge is -2.23. The molecule has 7 heteroatoms. The maximum atomic E-state index is 12.1. The van der Waals surface area contributed by atoms with Crippen LogP contribution in [-0.2, 0) is 21.1 Å². The zero-order chi connectivity index (χ0) is 16.9. The molecule has 1 fully saturated rings. The van der Waals surface area contributed by atoms with Crippen molar-refractivity contribution in [2.45, 2.75) is 25.3 Å². The summed E-state index contributed by atoms with van der Waals surface area (Å²) in [5.41, 5.74) is 1.16. The fourth-order valence-corrected chi connectivity index (χ4v) is 4.69. The lowest BCUT2D eigenvalue weighted by Crippen LogP contribution is -2.39. The van der Waals surface area contributed by atoms with E-state index in [9.17, 15) is 13.2 Å². The van der Waals surface area contributed by atoms with Crippen molar-refractivity contribution in [2.75, 3.05) is 31.6 Å². The minimum absolute atomic E-state index is 0.0117. The zero-order valence-electron chi connectivity index (χ0n) is 13.3. The standard InChI is InChI=1S/C16H23ClN2O3S/c1-19(15-7-10-23(21,22)12-15)16(20)6-9-18-8-5-13-3-2-4-14(17)11-13/h2-4,11,15,18H,5-10,12H2,1H3. The number of benzene rings is 1. The molecule has 0 spiro atoms. The third kappa shape index (κ3) is 5.79. The molecule has 0 radical (unpaired) electrons. The molecule has 1 aliphatic rings. The molecule has 0 saturated carbocycles.